The van der Waals surface area contributed by atoms with Crippen molar-refractivity contribution in [1.29, 1.82) is 0 Å². The van der Waals surface area contributed by atoms with Gasteiger partial charge in [0.15, 0.2) is 0 Å². The first-order valence-electron chi connectivity index (χ1n) is 10.7. The summed E-state index contributed by atoms with van der Waals surface area (Å²) in [5, 5.41) is 0. The molecule has 0 radical (unpaired) electrons. The lowest BCUT2D eigenvalue weighted by Crippen LogP contribution is -2.16. The topological polar surface area (TPSA) is 12.9 Å². The summed E-state index contributed by atoms with van der Waals surface area (Å²) in [4.78, 5) is 4.48. The molecular formula is C25H33N. The fourth-order valence-electron chi connectivity index (χ4n) is 5.18. The fourth-order valence-corrected chi connectivity index (χ4v) is 5.18. The number of hydrogen-bond donors (Lipinski definition) is 0. The lowest BCUT2D eigenvalue weighted by molar-refractivity contribution is 0.319. The van der Waals surface area contributed by atoms with Crippen molar-refractivity contribution in [2.75, 3.05) is 0 Å². The van der Waals surface area contributed by atoms with Gasteiger partial charge < -0.3 is 0 Å². The van der Waals surface area contributed by atoms with E-state index in [-0.39, 0.29) is 0 Å². The number of rotatable bonds is 5. The summed E-state index contributed by atoms with van der Waals surface area (Å²) in [5.41, 5.74) is 6.70. The van der Waals surface area contributed by atoms with Crippen LogP contribution in [0.3, 0.4) is 0 Å². The second-order valence-corrected chi connectivity index (χ2v) is 9.10. The Morgan fingerprint density at radius 3 is 2.81 bits per heavy atom. The number of aryl methyl sites for hydroxylation is 2. The third-order valence-corrected chi connectivity index (χ3v) is 7.26. The Balaban J connectivity index is 1.38. The summed E-state index contributed by atoms with van der Waals surface area (Å²) in [6, 6.07) is 13.7. The molecule has 1 heterocycles. The molecule has 1 heteroatoms. The van der Waals surface area contributed by atoms with Crippen LogP contribution in [0.15, 0.2) is 42.6 Å². The maximum absolute atomic E-state index is 4.48. The van der Waals surface area contributed by atoms with Crippen LogP contribution in [0.1, 0.15) is 80.7 Å². The van der Waals surface area contributed by atoms with Crippen LogP contribution in [0.4, 0.5) is 0 Å². The molecule has 0 saturated heterocycles. The fraction of sp³-hybridized carbons (Fsp3) is 0.560. The van der Waals surface area contributed by atoms with Crippen LogP contribution in [0.5, 0.6) is 0 Å². The molecular weight excluding hydrogens is 314 g/mol. The highest BCUT2D eigenvalue weighted by molar-refractivity contribution is 5.36. The van der Waals surface area contributed by atoms with Gasteiger partial charge >= 0.3 is 0 Å². The van der Waals surface area contributed by atoms with Gasteiger partial charge in [0, 0.05) is 11.9 Å². The molecule has 1 fully saturated rings. The van der Waals surface area contributed by atoms with Gasteiger partial charge in [0.1, 0.15) is 0 Å². The van der Waals surface area contributed by atoms with Crippen molar-refractivity contribution in [3.05, 3.63) is 65.0 Å². The predicted molar refractivity (Wildman–Crippen MR) is 110 cm³/mol. The van der Waals surface area contributed by atoms with Crippen LogP contribution >= 0.6 is 0 Å². The van der Waals surface area contributed by atoms with Crippen LogP contribution in [0.2, 0.25) is 0 Å². The molecule has 4 rings (SSSR count). The molecule has 0 unspecified atom stereocenters. The third kappa shape index (κ3) is 3.87. The number of aromatic nitrogens is 1. The van der Waals surface area contributed by atoms with Crippen molar-refractivity contribution in [2.24, 2.45) is 11.3 Å². The van der Waals surface area contributed by atoms with Crippen LogP contribution in [0.25, 0.3) is 0 Å². The third-order valence-electron chi connectivity index (χ3n) is 7.26. The lowest BCUT2D eigenvalue weighted by atomic mass is 9.79. The van der Waals surface area contributed by atoms with E-state index >= 15 is 0 Å². The predicted octanol–water partition coefficient (Wildman–Crippen LogP) is 6.50. The average molecular weight is 348 g/mol. The molecule has 0 N–H and O–H groups in total. The lowest BCUT2D eigenvalue weighted by Gasteiger charge is -2.26. The average Bonchev–Trinajstić information content (AvgIpc) is 3.09. The van der Waals surface area contributed by atoms with Gasteiger partial charge in [0.05, 0.1) is 0 Å². The molecule has 0 spiro atoms. The molecule has 2 aliphatic rings. The normalized spacial score (nSPS) is 28.1. The molecule has 1 saturated carbocycles. The summed E-state index contributed by atoms with van der Waals surface area (Å²) in [6.07, 6.45) is 13.7. The summed E-state index contributed by atoms with van der Waals surface area (Å²) < 4.78 is 0. The van der Waals surface area contributed by atoms with E-state index in [0.29, 0.717) is 5.41 Å². The number of hydrogen-bond acceptors (Lipinski definition) is 1. The van der Waals surface area contributed by atoms with Gasteiger partial charge in [0.25, 0.3) is 0 Å². The van der Waals surface area contributed by atoms with E-state index in [9.17, 15) is 0 Å². The van der Waals surface area contributed by atoms with Crippen LogP contribution < -0.4 is 0 Å². The Bertz CT molecular complexity index is 735. The first-order valence-corrected chi connectivity index (χ1v) is 10.7. The smallest absolute Gasteiger partial charge is 0.0403 e. The maximum Gasteiger partial charge on any atom is 0.0403 e. The largest absolute Gasteiger partial charge is 0.261 e. The molecule has 0 bridgehead atoms. The number of benzene rings is 1. The zero-order valence-electron chi connectivity index (χ0n) is 16.5. The summed E-state index contributed by atoms with van der Waals surface area (Å²) in [7, 11) is 0. The minimum Gasteiger partial charge on any atom is -0.261 e. The Morgan fingerprint density at radius 1 is 1.12 bits per heavy atom. The Morgan fingerprint density at radius 2 is 2.04 bits per heavy atom. The molecule has 2 aliphatic carbocycles. The maximum atomic E-state index is 4.48. The van der Waals surface area contributed by atoms with Gasteiger partial charge in [-0.25, -0.2) is 0 Å². The molecule has 0 amide bonds. The van der Waals surface area contributed by atoms with E-state index in [1.165, 1.54) is 57.1 Å². The van der Waals surface area contributed by atoms with E-state index in [1.54, 1.807) is 16.7 Å². The van der Waals surface area contributed by atoms with E-state index in [4.69, 9.17) is 0 Å². The Hall–Kier alpha value is -1.63. The molecule has 1 nitrogen and oxygen atoms in total. The molecule has 1 aromatic heterocycles. The van der Waals surface area contributed by atoms with Gasteiger partial charge in [-0.15, -0.1) is 0 Å². The highest BCUT2D eigenvalue weighted by Gasteiger charge is 2.34. The zero-order chi connectivity index (χ0) is 18.0. The van der Waals surface area contributed by atoms with Gasteiger partial charge in [-0.05, 0) is 97.4 Å². The van der Waals surface area contributed by atoms with E-state index in [2.05, 4.69) is 49.2 Å². The zero-order valence-corrected chi connectivity index (χ0v) is 16.5. The minimum atomic E-state index is 0.580. The Kier molecular flexibility index (Phi) is 5.16. The monoisotopic (exact) mass is 347 g/mol. The summed E-state index contributed by atoms with van der Waals surface area (Å²) in [5.74, 6) is 1.62. The highest BCUT2D eigenvalue weighted by atomic mass is 14.7. The van der Waals surface area contributed by atoms with Gasteiger partial charge in [-0.2, -0.15) is 0 Å². The summed E-state index contributed by atoms with van der Waals surface area (Å²) >= 11 is 0. The van der Waals surface area contributed by atoms with Crippen molar-refractivity contribution in [3.63, 3.8) is 0 Å². The van der Waals surface area contributed by atoms with Crippen molar-refractivity contribution in [3.8, 4) is 0 Å². The highest BCUT2D eigenvalue weighted by Crippen LogP contribution is 2.48. The molecule has 3 atom stereocenters. The quantitative estimate of drug-likeness (QED) is 0.601. The van der Waals surface area contributed by atoms with Gasteiger partial charge in [-0.1, -0.05) is 44.5 Å². The van der Waals surface area contributed by atoms with Crippen LogP contribution in [0, 0.1) is 11.3 Å². The van der Waals surface area contributed by atoms with Gasteiger partial charge in [0.2, 0.25) is 0 Å². The molecule has 26 heavy (non-hydrogen) atoms. The number of pyridine rings is 1. The van der Waals surface area contributed by atoms with Crippen LogP contribution in [-0.4, -0.2) is 4.98 Å². The molecule has 1 aromatic carbocycles. The first-order chi connectivity index (χ1) is 12.6. The molecule has 0 aliphatic heterocycles. The van der Waals surface area contributed by atoms with E-state index in [1.807, 2.05) is 12.3 Å². The van der Waals surface area contributed by atoms with Crippen LogP contribution in [-0.2, 0) is 19.3 Å². The van der Waals surface area contributed by atoms with Crippen molar-refractivity contribution >= 4 is 0 Å². The van der Waals surface area contributed by atoms with E-state index in [0.717, 1.165) is 18.3 Å². The SMILES string of the molecule is CC[C@@]1(C)CC[C@H](c2ccc3c(c2)CC[C@H](CCc2ccccn2)C3)C1. The second-order valence-electron chi connectivity index (χ2n) is 9.10. The second kappa shape index (κ2) is 7.55. The number of fused-ring (bicyclic) bond motifs is 1. The van der Waals surface area contributed by atoms with Crippen molar-refractivity contribution in [1.82, 2.24) is 4.98 Å². The van der Waals surface area contributed by atoms with Crippen molar-refractivity contribution < 1.29 is 0 Å². The number of nitrogens with zero attached hydrogens (tertiary/aromatic N) is 1. The summed E-state index contributed by atoms with van der Waals surface area (Å²) in [6.45, 7) is 4.85. The minimum absolute atomic E-state index is 0.580. The molecule has 2 aromatic rings. The Labute approximate surface area is 159 Å². The van der Waals surface area contributed by atoms with Gasteiger partial charge in [-0.3, -0.25) is 4.98 Å². The standard InChI is InChI=1S/C25H33N/c1-3-25(2)14-13-23(18-25)22-11-10-20-16-19(7-9-21(20)17-22)8-12-24-6-4-5-15-26-24/h4-6,10-11,15,17,19,23H,3,7-9,12-14,16,18H2,1-2H3/t19-,23+,25+/m1/s1. The molecule has 138 valence electrons. The van der Waals surface area contributed by atoms with E-state index < -0.39 is 0 Å². The first kappa shape index (κ1) is 17.8. The van der Waals surface area contributed by atoms with Crippen molar-refractivity contribution in [2.45, 2.75) is 77.6 Å².